The van der Waals surface area contributed by atoms with Crippen LogP contribution in [0.3, 0.4) is 0 Å². The molecule has 1 amide bonds. The van der Waals surface area contributed by atoms with Crippen molar-refractivity contribution < 1.29 is 9.18 Å². The first-order valence-corrected chi connectivity index (χ1v) is 13.5. The SMILES string of the molecule is Cc1cc(Nc2cc(NC(=O)c3cncc(C(C)(C)F)c3)ccc2C)n(-c2cc(NN3CCN(C)CC3)ncn2)n1. The van der Waals surface area contributed by atoms with E-state index < -0.39 is 5.67 Å². The van der Waals surface area contributed by atoms with Crippen LogP contribution < -0.4 is 16.1 Å². The zero-order chi connectivity index (χ0) is 29.1. The van der Waals surface area contributed by atoms with E-state index in [-0.39, 0.29) is 11.5 Å². The second kappa shape index (κ2) is 11.6. The molecule has 1 aromatic carbocycles. The van der Waals surface area contributed by atoms with Crippen LogP contribution in [0.25, 0.3) is 5.82 Å². The number of nitrogens with zero attached hydrogens (tertiary/aromatic N) is 7. The molecule has 1 fully saturated rings. The molecule has 0 unspecified atom stereocenters. The number of carbonyl (C=O) groups is 1. The molecule has 0 aliphatic carbocycles. The number of benzene rings is 1. The number of aromatic nitrogens is 5. The van der Waals surface area contributed by atoms with Crippen LogP contribution in [0, 0.1) is 13.8 Å². The fourth-order valence-electron chi connectivity index (χ4n) is 4.43. The number of hydrazine groups is 1. The Kier molecular flexibility index (Phi) is 7.95. The van der Waals surface area contributed by atoms with Crippen molar-refractivity contribution in [3.8, 4) is 5.82 Å². The molecule has 11 nitrogen and oxygen atoms in total. The first kappa shape index (κ1) is 28.1. The molecule has 0 saturated carbocycles. The summed E-state index contributed by atoms with van der Waals surface area (Å²) in [7, 11) is 2.12. The smallest absolute Gasteiger partial charge is 0.257 e. The number of carbonyl (C=O) groups excluding carboxylic acids is 1. The second-order valence-corrected chi connectivity index (χ2v) is 10.8. The van der Waals surface area contributed by atoms with Crippen molar-refractivity contribution in [2.45, 2.75) is 33.4 Å². The average molecular weight is 559 g/mol. The zero-order valence-electron chi connectivity index (χ0n) is 23.9. The number of alkyl halides is 1. The van der Waals surface area contributed by atoms with E-state index in [0.29, 0.717) is 28.7 Å². The lowest BCUT2D eigenvalue weighted by Gasteiger charge is -2.32. The van der Waals surface area contributed by atoms with Gasteiger partial charge in [-0.3, -0.25) is 9.78 Å². The highest BCUT2D eigenvalue weighted by atomic mass is 19.1. The predicted octanol–water partition coefficient (Wildman–Crippen LogP) is 4.45. The zero-order valence-corrected chi connectivity index (χ0v) is 23.9. The molecule has 1 aliphatic heterocycles. The number of piperazine rings is 1. The van der Waals surface area contributed by atoms with Crippen LogP contribution in [0.4, 0.5) is 27.4 Å². The second-order valence-electron chi connectivity index (χ2n) is 10.8. The average Bonchev–Trinajstić information content (AvgIpc) is 3.31. The summed E-state index contributed by atoms with van der Waals surface area (Å²) in [6.45, 7) is 10.5. The van der Waals surface area contributed by atoms with E-state index in [1.165, 1.54) is 38.6 Å². The summed E-state index contributed by atoms with van der Waals surface area (Å²) in [5.41, 5.74) is 5.54. The molecule has 12 heteroatoms. The molecule has 5 rings (SSSR count). The number of aryl methyl sites for hydroxylation is 2. The van der Waals surface area contributed by atoms with Crippen molar-refractivity contribution in [1.82, 2.24) is 34.6 Å². The van der Waals surface area contributed by atoms with Gasteiger partial charge in [0.1, 0.15) is 23.6 Å². The van der Waals surface area contributed by atoms with Crippen LogP contribution >= 0.6 is 0 Å². The number of nitrogens with one attached hydrogen (secondary N) is 3. The van der Waals surface area contributed by atoms with Crippen LogP contribution in [-0.2, 0) is 5.67 Å². The van der Waals surface area contributed by atoms with Crippen LogP contribution in [-0.4, -0.2) is 73.8 Å². The Morgan fingerprint density at radius 1 is 1.00 bits per heavy atom. The van der Waals surface area contributed by atoms with Gasteiger partial charge in [0.2, 0.25) is 0 Å². The van der Waals surface area contributed by atoms with E-state index in [1.807, 2.05) is 44.2 Å². The Hall–Kier alpha value is -4.42. The van der Waals surface area contributed by atoms with Gasteiger partial charge in [-0.05, 0) is 58.5 Å². The highest BCUT2D eigenvalue weighted by molar-refractivity contribution is 6.04. The van der Waals surface area contributed by atoms with E-state index in [4.69, 9.17) is 0 Å². The summed E-state index contributed by atoms with van der Waals surface area (Å²) in [5.74, 6) is 1.63. The number of hydrogen-bond acceptors (Lipinski definition) is 9. The van der Waals surface area contributed by atoms with Gasteiger partial charge in [0.25, 0.3) is 5.91 Å². The minimum absolute atomic E-state index is 0.279. The lowest BCUT2D eigenvalue weighted by molar-refractivity contribution is 0.102. The number of amides is 1. The molecular formula is C29H35FN10O. The Balaban J connectivity index is 1.34. The summed E-state index contributed by atoms with van der Waals surface area (Å²) in [6, 6.07) is 10.9. The molecule has 4 aromatic rings. The van der Waals surface area contributed by atoms with E-state index >= 15 is 0 Å². The summed E-state index contributed by atoms with van der Waals surface area (Å²) in [6.07, 6.45) is 4.37. The van der Waals surface area contributed by atoms with E-state index in [0.717, 1.165) is 43.1 Å². The molecule has 41 heavy (non-hydrogen) atoms. The van der Waals surface area contributed by atoms with Gasteiger partial charge in [-0.2, -0.15) is 9.78 Å². The van der Waals surface area contributed by atoms with E-state index in [1.54, 1.807) is 4.68 Å². The van der Waals surface area contributed by atoms with Gasteiger partial charge < -0.3 is 21.0 Å². The maximum Gasteiger partial charge on any atom is 0.257 e. The normalized spacial score (nSPS) is 14.6. The lowest BCUT2D eigenvalue weighted by atomic mass is 10.0. The van der Waals surface area contributed by atoms with Crippen LogP contribution in [0.1, 0.15) is 41.0 Å². The quantitative estimate of drug-likeness (QED) is 0.288. The van der Waals surface area contributed by atoms with Gasteiger partial charge in [0, 0.05) is 67.6 Å². The van der Waals surface area contributed by atoms with Crippen molar-refractivity contribution in [3.63, 3.8) is 0 Å². The van der Waals surface area contributed by atoms with Crippen molar-refractivity contribution in [1.29, 1.82) is 0 Å². The van der Waals surface area contributed by atoms with Crippen molar-refractivity contribution in [3.05, 3.63) is 77.5 Å². The fourth-order valence-corrected chi connectivity index (χ4v) is 4.43. The highest BCUT2D eigenvalue weighted by Gasteiger charge is 2.21. The molecule has 214 valence electrons. The Labute approximate surface area is 238 Å². The predicted molar refractivity (Wildman–Crippen MR) is 157 cm³/mol. The Morgan fingerprint density at radius 2 is 1.78 bits per heavy atom. The van der Waals surface area contributed by atoms with Gasteiger partial charge in [0.15, 0.2) is 5.82 Å². The Bertz CT molecular complexity index is 1540. The number of rotatable bonds is 8. The van der Waals surface area contributed by atoms with Crippen molar-refractivity contribution >= 4 is 28.9 Å². The summed E-state index contributed by atoms with van der Waals surface area (Å²) >= 11 is 0. The van der Waals surface area contributed by atoms with Gasteiger partial charge in [0.05, 0.1) is 11.3 Å². The number of anilines is 4. The van der Waals surface area contributed by atoms with Gasteiger partial charge in [-0.1, -0.05) is 6.07 Å². The molecule has 1 saturated heterocycles. The van der Waals surface area contributed by atoms with Crippen molar-refractivity contribution in [2.24, 2.45) is 0 Å². The van der Waals surface area contributed by atoms with E-state index in [2.05, 4.69) is 53.1 Å². The number of likely N-dealkylation sites (N-methyl/N-ethyl adjacent to an activating group) is 1. The number of halogens is 1. The number of pyridine rings is 1. The number of hydrogen-bond donors (Lipinski definition) is 3. The molecule has 3 N–H and O–H groups in total. The summed E-state index contributed by atoms with van der Waals surface area (Å²) < 4.78 is 16.1. The van der Waals surface area contributed by atoms with Crippen LogP contribution in [0.5, 0.6) is 0 Å². The fraction of sp³-hybridized carbons (Fsp3) is 0.345. The van der Waals surface area contributed by atoms with Gasteiger partial charge in [-0.15, -0.1) is 0 Å². The van der Waals surface area contributed by atoms with E-state index in [9.17, 15) is 9.18 Å². The van der Waals surface area contributed by atoms with Crippen molar-refractivity contribution in [2.75, 3.05) is 49.3 Å². The summed E-state index contributed by atoms with van der Waals surface area (Å²) in [4.78, 5) is 28.1. The first-order chi connectivity index (χ1) is 19.5. The third kappa shape index (κ3) is 6.84. The van der Waals surface area contributed by atoms with Gasteiger partial charge in [-0.25, -0.2) is 19.4 Å². The topological polar surface area (TPSA) is 116 Å². The molecule has 0 bridgehead atoms. The monoisotopic (exact) mass is 558 g/mol. The lowest BCUT2D eigenvalue weighted by Crippen LogP contribution is -2.47. The third-order valence-electron chi connectivity index (χ3n) is 6.92. The minimum Gasteiger partial charge on any atom is -0.340 e. The molecular weight excluding hydrogens is 523 g/mol. The van der Waals surface area contributed by atoms with Crippen LogP contribution in [0.15, 0.2) is 55.1 Å². The minimum atomic E-state index is -1.60. The Morgan fingerprint density at radius 3 is 2.54 bits per heavy atom. The molecule has 0 atom stereocenters. The molecule has 1 aliphatic rings. The maximum atomic E-state index is 14.4. The molecule has 4 heterocycles. The standard InChI is InChI=1S/C29H35FN10O/c1-19-6-7-23(34-28(41)21-13-22(17-31-16-21)29(3,4)30)14-24(19)35-27-12-20(2)36-40(27)26-15-25(32-18-33-26)37-39-10-8-38(5)9-11-39/h6-7,12-18,35H,8-11H2,1-5H3,(H,34,41)(H,32,33,37). The van der Waals surface area contributed by atoms with Crippen LogP contribution in [0.2, 0.25) is 0 Å². The van der Waals surface area contributed by atoms with Gasteiger partial charge >= 0.3 is 0 Å². The molecule has 0 spiro atoms. The largest absolute Gasteiger partial charge is 0.340 e. The maximum absolute atomic E-state index is 14.4. The molecule has 0 radical (unpaired) electrons. The highest BCUT2D eigenvalue weighted by Crippen LogP contribution is 2.28. The molecule has 3 aromatic heterocycles. The first-order valence-electron chi connectivity index (χ1n) is 13.5. The summed E-state index contributed by atoms with van der Waals surface area (Å²) in [5, 5.41) is 13.1. The third-order valence-corrected chi connectivity index (χ3v) is 6.92.